The topological polar surface area (TPSA) is 40.5 Å². The highest BCUT2D eigenvalue weighted by Crippen LogP contribution is 2.43. The summed E-state index contributed by atoms with van der Waals surface area (Å²) in [5.74, 6) is 0. The highest BCUT2D eigenvalue weighted by atomic mass is 28.4. The van der Waals surface area contributed by atoms with Crippen molar-refractivity contribution < 1.29 is 9.59 Å². The van der Waals surface area contributed by atoms with Crippen molar-refractivity contribution in [2.75, 3.05) is 0 Å². The summed E-state index contributed by atoms with van der Waals surface area (Å²) in [6.45, 7) is 0. The predicted molar refractivity (Wildman–Crippen MR) is 147 cm³/mol. The molecule has 1 aliphatic rings. The lowest BCUT2D eigenvalue weighted by atomic mass is 9.88. The SMILES string of the molecule is O[Si]1(O)c2c(-c3ccccc3)cc3ccccc3c2-c2c1c(-c1ccccc1)cc1ccccc21. The molecule has 0 fully saturated rings. The van der Waals surface area contributed by atoms with Gasteiger partial charge in [-0.25, -0.2) is 0 Å². The first-order valence-electron chi connectivity index (χ1n) is 11.8. The van der Waals surface area contributed by atoms with Crippen LogP contribution in [0.4, 0.5) is 0 Å². The normalized spacial score (nSPS) is 13.7. The molecule has 1 heterocycles. The average molecular weight is 467 g/mol. The van der Waals surface area contributed by atoms with Gasteiger partial charge in [0.1, 0.15) is 0 Å². The van der Waals surface area contributed by atoms with E-state index in [-0.39, 0.29) is 0 Å². The molecule has 0 radical (unpaired) electrons. The zero-order chi connectivity index (χ0) is 23.6. The van der Waals surface area contributed by atoms with Gasteiger partial charge in [-0.15, -0.1) is 0 Å². The lowest BCUT2D eigenvalue weighted by Crippen LogP contribution is -2.57. The van der Waals surface area contributed by atoms with Gasteiger partial charge in [-0.3, -0.25) is 0 Å². The molecule has 0 saturated carbocycles. The Morgan fingerprint density at radius 3 is 1.23 bits per heavy atom. The van der Waals surface area contributed by atoms with Crippen molar-refractivity contribution in [3.05, 3.63) is 121 Å². The van der Waals surface area contributed by atoms with Gasteiger partial charge in [-0.05, 0) is 67.1 Å². The number of hydrogen-bond donors (Lipinski definition) is 2. The van der Waals surface area contributed by atoms with E-state index in [4.69, 9.17) is 0 Å². The summed E-state index contributed by atoms with van der Waals surface area (Å²) < 4.78 is 0. The maximum absolute atomic E-state index is 12.2. The molecule has 0 atom stereocenters. The summed E-state index contributed by atoms with van der Waals surface area (Å²) in [5.41, 5.74) is 5.71. The molecule has 3 heteroatoms. The first-order chi connectivity index (χ1) is 17.1. The molecule has 0 spiro atoms. The highest BCUT2D eigenvalue weighted by Gasteiger charge is 2.50. The monoisotopic (exact) mass is 466 g/mol. The number of benzene rings is 6. The highest BCUT2D eigenvalue weighted by molar-refractivity contribution is 6.97. The van der Waals surface area contributed by atoms with Crippen molar-refractivity contribution in [2.45, 2.75) is 0 Å². The fourth-order valence-corrected chi connectivity index (χ4v) is 8.41. The third-order valence-corrected chi connectivity index (χ3v) is 9.65. The van der Waals surface area contributed by atoms with E-state index in [1.807, 2.05) is 84.9 Å². The molecule has 7 rings (SSSR count). The lowest BCUT2D eigenvalue weighted by Gasteiger charge is -2.21. The molecular weight excluding hydrogens is 444 g/mol. The summed E-state index contributed by atoms with van der Waals surface area (Å²) >= 11 is 0. The largest absolute Gasteiger partial charge is 0.404 e. The summed E-state index contributed by atoms with van der Waals surface area (Å²) in [5, 5.41) is 5.67. The van der Waals surface area contributed by atoms with E-state index >= 15 is 0 Å². The third-order valence-electron chi connectivity index (χ3n) is 7.22. The molecule has 6 aromatic carbocycles. The van der Waals surface area contributed by atoms with Crippen molar-refractivity contribution >= 4 is 40.5 Å². The molecule has 0 bridgehead atoms. The number of rotatable bonds is 2. The van der Waals surface area contributed by atoms with Crippen molar-refractivity contribution in [3.63, 3.8) is 0 Å². The smallest absolute Gasteiger partial charge is 0.404 e. The van der Waals surface area contributed by atoms with E-state index in [0.29, 0.717) is 10.4 Å². The second-order valence-electron chi connectivity index (χ2n) is 9.19. The van der Waals surface area contributed by atoms with Crippen LogP contribution in [-0.4, -0.2) is 18.2 Å². The molecule has 1 aliphatic heterocycles. The molecule has 0 unspecified atom stereocenters. The first-order valence-corrected chi connectivity index (χ1v) is 13.7. The minimum atomic E-state index is -4.07. The Balaban J connectivity index is 1.72. The van der Waals surface area contributed by atoms with E-state index in [1.54, 1.807) is 0 Å². The van der Waals surface area contributed by atoms with Gasteiger partial charge in [-0.1, -0.05) is 109 Å². The van der Waals surface area contributed by atoms with E-state index in [0.717, 1.165) is 54.9 Å². The zero-order valence-electron chi connectivity index (χ0n) is 18.9. The number of hydrogen-bond acceptors (Lipinski definition) is 2. The second-order valence-corrected chi connectivity index (χ2v) is 11.5. The fourth-order valence-electron chi connectivity index (χ4n) is 5.75. The molecule has 6 aromatic rings. The van der Waals surface area contributed by atoms with Gasteiger partial charge in [0, 0.05) is 10.4 Å². The summed E-state index contributed by atoms with van der Waals surface area (Å²) in [6, 6.07) is 41.0. The minimum Gasteiger partial charge on any atom is -0.404 e. The molecule has 0 amide bonds. The molecule has 2 N–H and O–H groups in total. The van der Waals surface area contributed by atoms with Crippen LogP contribution in [0, 0.1) is 0 Å². The maximum atomic E-state index is 12.2. The van der Waals surface area contributed by atoms with Gasteiger partial charge in [0.25, 0.3) is 0 Å². The fraction of sp³-hybridized carbons (Fsp3) is 0. The van der Waals surface area contributed by atoms with Crippen LogP contribution in [-0.2, 0) is 0 Å². The van der Waals surface area contributed by atoms with Crippen LogP contribution < -0.4 is 10.4 Å². The van der Waals surface area contributed by atoms with Crippen LogP contribution in [0.1, 0.15) is 0 Å². The predicted octanol–water partition coefficient (Wildman–Crippen LogP) is 5.85. The van der Waals surface area contributed by atoms with E-state index in [2.05, 4.69) is 36.4 Å². The van der Waals surface area contributed by atoms with E-state index in [1.165, 1.54) is 0 Å². The Labute approximate surface area is 204 Å². The quantitative estimate of drug-likeness (QED) is 0.314. The third kappa shape index (κ3) is 2.90. The molecule has 0 saturated heterocycles. The maximum Gasteiger partial charge on any atom is 0.404 e. The standard InChI is InChI=1S/C32H22O2Si/c33-35(34)31-27(21-11-3-1-4-12-21)19-23-15-7-9-17-25(23)29(31)30-26-18-10-8-16-24(26)20-28(32(30)35)22-13-5-2-6-14-22/h1-20,33-34H. The average Bonchev–Trinajstić information content (AvgIpc) is 3.17. The van der Waals surface area contributed by atoms with Crippen molar-refractivity contribution in [1.82, 2.24) is 0 Å². The molecule has 0 aliphatic carbocycles. The van der Waals surface area contributed by atoms with Gasteiger partial charge < -0.3 is 9.59 Å². The Bertz CT molecular complexity index is 1630. The first kappa shape index (κ1) is 20.4. The lowest BCUT2D eigenvalue weighted by molar-refractivity contribution is 0.403. The second kappa shape index (κ2) is 7.49. The van der Waals surface area contributed by atoms with E-state index < -0.39 is 8.56 Å². The Morgan fingerprint density at radius 2 is 0.800 bits per heavy atom. The van der Waals surface area contributed by atoms with Gasteiger partial charge in [0.15, 0.2) is 0 Å². The van der Waals surface area contributed by atoms with Crippen LogP contribution in [0.3, 0.4) is 0 Å². The van der Waals surface area contributed by atoms with Gasteiger partial charge in [0.05, 0.1) is 0 Å². The van der Waals surface area contributed by atoms with Crippen LogP contribution in [0.25, 0.3) is 54.9 Å². The Hall–Kier alpha value is -4.02. The molecular formula is C32H22O2Si. The van der Waals surface area contributed by atoms with E-state index in [9.17, 15) is 9.59 Å². The molecule has 0 aromatic heterocycles. The van der Waals surface area contributed by atoms with Crippen molar-refractivity contribution in [2.24, 2.45) is 0 Å². The summed E-state index contributed by atoms with van der Waals surface area (Å²) in [4.78, 5) is 24.4. The van der Waals surface area contributed by atoms with Crippen molar-refractivity contribution in [1.29, 1.82) is 0 Å². The molecule has 166 valence electrons. The van der Waals surface area contributed by atoms with Crippen LogP contribution in [0.2, 0.25) is 0 Å². The Morgan fingerprint density at radius 1 is 0.429 bits per heavy atom. The van der Waals surface area contributed by atoms with Gasteiger partial charge >= 0.3 is 8.56 Å². The Kier molecular flexibility index (Phi) is 4.36. The summed E-state index contributed by atoms with van der Waals surface area (Å²) in [7, 11) is -4.07. The zero-order valence-corrected chi connectivity index (χ0v) is 19.9. The van der Waals surface area contributed by atoms with Crippen molar-refractivity contribution in [3.8, 4) is 33.4 Å². The number of fused-ring (bicyclic) bond motifs is 7. The van der Waals surface area contributed by atoms with Gasteiger partial charge in [-0.2, -0.15) is 0 Å². The van der Waals surface area contributed by atoms with Gasteiger partial charge in [0.2, 0.25) is 0 Å². The molecule has 35 heavy (non-hydrogen) atoms. The van der Waals surface area contributed by atoms with Crippen LogP contribution in [0.5, 0.6) is 0 Å². The molecule has 2 nitrogen and oxygen atoms in total. The van der Waals surface area contributed by atoms with Crippen LogP contribution >= 0.6 is 0 Å². The minimum absolute atomic E-state index is 0.686. The van der Waals surface area contributed by atoms with Crippen LogP contribution in [0.15, 0.2) is 121 Å². The summed E-state index contributed by atoms with van der Waals surface area (Å²) in [6.07, 6.45) is 0.